The molecule has 0 aliphatic carbocycles. The second-order valence-electron chi connectivity index (χ2n) is 6.35. The van der Waals surface area contributed by atoms with Crippen molar-refractivity contribution >= 4 is 44.9 Å². The highest BCUT2D eigenvalue weighted by molar-refractivity contribution is 7.20. The first-order chi connectivity index (χ1) is 12.0. The van der Waals surface area contributed by atoms with Crippen molar-refractivity contribution in [2.75, 3.05) is 38.3 Å². The Labute approximate surface area is 156 Å². The van der Waals surface area contributed by atoms with Crippen LogP contribution in [0.1, 0.15) is 35.0 Å². The molecule has 1 aliphatic rings. The number of ether oxygens (including phenoxy) is 2. The summed E-state index contributed by atoms with van der Waals surface area (Å²) >= 11 is 7.45. The van der Waals surface area contributed by atoms with E-state index >= 15 is 0 Å². The Hall–Kier alpha value is -1.44. The molecule has 0 radical (unpaired) electrons. The lowest BCUT2D eigenvalue weighted by atomic mass is 9.99. The topological polar surface area (TPSA) is 64.5 Å². The van der Waals surface area contributed by atoms with Gasteiger partial charge in [0.2, 0.25) is 5.28 Å². The van der Waals surface area contributed by atoms with Crippen LogP contribution in [0.15, 0.2) is 0 Å². The van der Waals surface area contributed by atoms with Crippen LogP contribution in [0.2, 0.25) is 5.28 Å². The third-order valence-electron chi connectivity index (χ3n) is 4.53. The Balaban J connectivity index is 1.96. The van der Waals surface area contributed by atoms with E-state index < -0.39 is 0 Å². The molecule has 0 aromatic carbocycles. The maximum atomic E-state index is 12.4. The maximum absolute atomic E-state index is 12.4. The molecule has 25 heavy (non-hydrogen) atoms. The van der Waals surface area contributed by atoms with Gasteiger partial charge in [0.1, 0.15) is 22.1 Å². The highest BCUT2D eigenvalue weighted by atomic mass is 35.5. The molecule has 0 unspecified atom stereocenters. The van der Waals surface area contributed by atoms with Crippen molar-refractivity contribution in [3.8, 4) is 0 Å². The van der Waals surface area contributed by atoms with Gasteiger partial charge < -0.3 is 14.4 Å². The van der Waals surface area contributed by atoms with Crippen LogP contribution < -0.4 is 4.90 Å². The van der Waals surface area contributed by atoms with Crippen molar-refractivity contribution in [2.45, 2.75) is 26.7 Å². The fourth-order valence-corrected chi connectivity index (χ4v) is 4.30. The summed E-state index contributed by atoms with van der Waals surface area (Å²) in [6, 6.07) is 0. The molecule has 3 rings (SSSR count). The SMILES string of the molecule is COCCOC(=O)c1sc2nc(Cl)nc(N3CCC(C)CC3)c2c1C. The third-order valence-corrected chi connectivity index (χ3v) is 5.87. The van der Waals surface area contributed by atoms with Gasteiger partial charge in [-0.2, -0.15) is 4.98 Å². The number of carbonyl (C=O) groups excluding carboxylic acids is 1. The number of carbonyl (C=O) groups is 1. The number of methoxy groups -OCH3 is 1. The molecule has 6 nitrogen and oxygen atoms in total. The summed E-state index contributed by atoms with van der Waals surface area (Å²) in [5.74, 6) is 1.19. The molecule has 1 fully saturated rings. The Morgan fingerprint density at radius 3 is 2.72 bits per heavy atom. The first-order valence-electron chi connectivity index (χ1n) is 8.39. The zero-order valence-electron chi connectivity index (χ0n) is 14.7. The standard InChI is InChI=1S/C17H22ClN3O3S/c1-10-4-6-21(7-5-10)14-12-11(2)13(16(22)24-9-8-23-3)25-15(12)20-17(18)19-14/h10H,4-9H2,1-3H3. The molecule has 0 N–H and O–H groups in total. The van der Waals surface area contributed by atoms with E-state index in [9.17, 15) is 4.79 Å². The van der Waals surface area contributed by atoms with Crippen molar-refractivity contribution in [3.63, 3.8) is 0 Å². The number of fused-ring (bicyclic) bond motifs is 1. The second kappa shape index (κ2) is 7.85. The van der Waals surface area contributed by atoms with Crippen LogP contribution >= 0.6 is 22.9 Å². The molecule has 2 aromatic heterocycles. The predicted octanol–water partition coefficient (Wildman–Crippen LogP) is 3.69. The summed E-state index contributed by atoms with van der Waals surface area (Å²) in [6.45, 7) is 6.66. The Morgan fingerprint density at radius 2 is 2.04 bits per heavy atom. The highest BCUT2D eigenvalue weighted by Gasteiger charge is 2.25. The van der Waals surface area contributed by atoms with Crippen LogP contribution in [0.5, 0.6) is 0 Å². The molecule has 0 spiro atoms. The number of esters is 1. The molecular weight excluding hydrogens is 362 g/mol. The van der Waals surface area contributed by atoms with E-state index in [1.54, 1.807) is 7.11 Å². The number of anilines is 1. The number of thiophene rings is 1. The van der Waals surface area contributed by atoms with E-state index in [0.29, 0.717) is 11.5 Å². The Bertz CT molecular complexity index is 772. The molecule has 8 heteroatoms. The number of piperidine rings is 1. The van der Waals surface area contributed by atoms with Crippen LogP contribution in [0.4, 0.5) is 5.82 Å². The molecule has 1 aliphatic heterocycles. The number of rotatable bonds is 5. The third kappa shape index (κ3) is 3.88. The largest absolute Gasteiger partial charge is 0.459 e. The lowest BCUT2D eigenvalue weighted by molar-refractivity contribution is 0.0393. The van der Waals surface area contributed by atoms with Gasteiger partial charge in [0, 0.05) is 20.2 Å². The zero-order valence-corrected chi connectivity index (χ0v) is 16.2. The van der Waals surface area contributed by atoms with Crippen molar-refractivity contribution in [1.29, 1.82) is 0 Å². The molecule has 1 saturated heterocycles. The van der Waals surface area contributed by atoms with E-state index in [0.717, 1.165) is 53.4 Å². The monoisotopic (exact) mass is 383 g/mol. The summed E-state index contributed by atoms with van der Waals surface area (Å²) in [4.78, 5) is 24.7. The van der Waals surface area contributed by atoms with E-state index in [1.165, 1.54) is 11.3 Å². The smallest absolute Gasteiger partial charge is 0.348 e. The van der Waals surface area contributed by atoms with Crippen LogP contribution in [-0.2, 0) is 9.47 Å². The van der Waals surface area contributed by atoms with Crippen molar-refractivity contribution in [3.05, 3.63) is 15.7 Å². The highest BCUT2D eigenvalue weighted by Crippen LogP contribution is 2.37. The van der Waals surface area contributed by atoms with E-state index in [4.69, 9.17) is 21.1 Å². The fourth-order valence-electron chi connectivity index (χ4n) is 3.02. The Kier molecular flexibility index (Phi) is 5.76. The maximum Gasteiger partial charge on any atom is 0.348 e. The first-order valence-corrected chi connectivity index (χ1v) is 9.58. The van der Waals surface area contributed by atoms with Crippen LogP contribution in [0.3, 0.4) is 0 Å². The van der Waals surface area contributed by atoms with Crippen LogP contribution in [0, 0.1) is 12.8 Å². The molecule has 0 bridgehead atoms. The second-order valence-corrected chi connectivity index (χ2v) is 7.69. The fraction of sp³-hybridized carbons (Fsp3) is 0.588. The normalized spacial score (nSPS) is 15.8. The number of aromatic nitrogens is 2. The van der Waals surface area contributed by atoms with Gasteiger partial charge in [0.25, 0.3) is 0 Å². The lowest BCUT2D eigenvalue weighted by Crippen LogP contribution is -2.33. The summed E-state index contributed by atoms with van der Waals surface area (Å²) in [6.07, 6.45) is 2.25. The van der Waals surface area contributed by atoms with Gasteiger partial charge in [-0.3, -0.25) is 0 Å². The number of nitrogens with zero attached hydrogens (tertiary/aromatic N) is 3. The molecule has 2 aromatic rings. The summed E-state index contributed by atoms with van der Waals surface area (Å²) in [5, 5.41) is 1.12. The van der Waals surface area contributed by atoms with Gasteiger partial charge in [-0.25, -0.2) is 9.78 Å². The van der Waals surface area contributed by atoms with E-state index in [2.05, 4.69) is 21.8 Å². The van der Waals surface area contributed by atoms with Gasteiger partial charge in [-0.1, -0.05) is 6.92 Å². The minimum absolute atomic E-state index is 0.210. The molecule has 0 atom stereocenters. The molecule has 0 saturated carbocycles. The average Bonchev–Trinajstić information content (AvgIpc) is 2.91. The average molecular weight is 384 g/mol. The quantitative estimate of drug-likeness (QED) is 0.445. The Morgan fingerprint density at radius 1 is 1.32 bits per heavy atom. The number of halogens is 1. The molecule has 136 valence electrons. The van der Waals surface area contributed by atoms with Crippen molar-refractivity contribution < 1.29 is 14.3 Å². The van der Waals surface area contributed by atoms with Gasteiger partial charge >= 0.3 is 5.97 Å². The van der Waals surface area contributed by atoms with Gasteiger partial charge in [-0.05, 0) is 42.8 Å². The summed E-state index contributed by atoms with van der Waals surface area (Å²) < 4.78 is 10.2. The number of aryl methyl sites for hydroxylation is 1. The summed E-state index contributed by atoms with van der Waals surface area (Å²) in [7, 11) is 1.57. The molecular formula is C17H22ClN3O3S. The van der Waals surface area contributed by atoms with Crippen molar-refractivity contribution in [2.24, 2.45) is 5.92 Å². The van der Waals surface area contributed by atoms with Gasteiger partial charge in [0.15, 0.2) is 0 Å². The van der Waals surface area contributed by atoms with Gasteiger partial charge in [0.05, 0.1) is 12.0 Å². The van der Waals surface area contributed by atoms with Gasteiger partial charge in [-0.15, -0.1) is 11.3 Å². The van der Waals surface area contributed by atoms with E-state index in [1.807, 2.05) is 6.92 Å². The summed E-state index contributed by atoms with van der Waals surface area (Å²) in [5.41, 5.74) is 0.854. The predicted molar refractivity (Wildman–Crippen MR) is 99.9 cm³/mol. The van der Waals surface area contributed by atoms with Crippen molar-refractivity contribution in [1.82, 2.24) is 9.97 Å². The molecule has 3 heterocycles. The number of hydrogen-bond acceptors (Lipinski definition) is 7. The number of hydrogen-bond donors (Lipinski definition) is 0. The first kappa shape index (κ1) is 18.4. The van der Waals surface area contributed by atoms with Crippen LogP contribution in [0.25, 0.3) is 10.2 Å². The lowest BCUT2D eigenvalue weighted by Gasteiger charge is -2.31. The van der Waals surface area contributed by atoms with Crippen LogP contribution in [-0.4, -0.2) is 49.4 Å². The molecule has 0 amide bonds. The minimum Gasteiger partial charge on any atom is -0.459 e. The van der Waals surface area contributed by atoms with E-state index in [-0.39, 0.29) is 17.9 Å². The zero-order chi connectivity index (χ0) is 18.0. The minimum atomic E-state index is -0.355.